The minimum atomic E-state index is -4.64. The lowest BCUT2D eigenvalue weighted by Crippen LogP contribution is -2.17. The average molecular weight is 297 g/mol. The van der Waals surface area contributed by atoms with Crippen molar-refractivity contribution in [2.24, 2.45) is 0 Å². The second-order valence-corrected chi connectivity index (χ2v) is 4.27. The Morgan fingerprint density at radius 2 is 2.16 bits per heavy atom. The van der Waals surface area contributed by atoms with Crippen LogP contribution in [0.5, 0.6) is 0 Å². The molecule has 0 amide bonds. The number of hydrogen-bond donors (Lipinski definition) is 0. The molecule has 0 aromatic carbocycles. The third kappa shape index (κ3) is 5.28. The number of aromatic nitrogens is 3. The van der Waals surface area contributed by atoms with E-state index >= 15 is 0 Å². The van der Waals surface area contributed by atoms with Crippen LogP contribution in [0.3, 0.4) is 0 Å². The van der Waals surface area contributed by atoms with E-state index in [0.717, 1.165) is 11.8 Å². The van der Waals surface area contributed by atoms with E-state index in [2.05, 4.69) is 15.0 Å². The maximum atomic E-state index is 12.2. The second kappa shape index (κ2) is 6.55. The first-order chi connectivity index (χ1) is 8.82. The highest BCUT2D eigenvalue weighted by Gasteiger charge is 2.32. The Morgan fingerprint density at radius 3 is 2.68 bits per heavy atom. The maximum absolute atomic E-state index is 12.2. The molecule has 0 fully saturated rings. The number of thioether (sulfide) groups is 1. The predicted octanol–water partition coefficient (Wildman–Crippen LogP) is 1.37. The number of rotatable bonds is 6. The van der Waals surface area contributed by atoms with Gasteiger partial charge in [0.25, 0.3) is 0 Å². The Labute approximate surface area is 110 Å². The molecule has 6 nitrogen and oxygen atoms in total. The number of alkyl halides is 3. The zero-order valence-corrected chi connectivity index (χ0v) is 10.6. The summed E-state index contributed by atoms with van der Waals surface area (Å²) in [6, 6.07) is 0. The minimum absolute atomic E-state index is 0.0467. The number of esters is 1. The van der Waals surface area contributed by atoms with Crippen LogP contribution in [0.2, 0.25) is 0 Å². The van der Waals surface area contributed by atoms with Gasteiger partial charge in [-0.3, -0.25) is 9.59 Å². The second-order valence-electron chi connectivity index (χ2n) is 3.28. The Morgan fingerprint density at radius 1 is 1.47 bits per heavy atom. The molecule has 0 aliphatic heterocycles. The molecule has 1 aromatic rings. The van der Waals surface area contributed by atoms with Gasteiger partial charge in [-0.1, -0.05) is 17.0 Å². The molecule has 0 unspecified atom stereocenters. The third-order valence-electron chi connectivity index (χ3n) is 1.76. The summed E-state index contributed by atoms with van der Waals surface area (Å²) in [6.07, 6.45) is -4.38. The van der Waals surface area contributed by atoms with Crippen LogP contribution in [-0.4, -0.2) is 39.1 Å². The summed E-state index contributed by atoms with van der Waals surface area (Å²) in [4.78, 5) is 22.3. The zero-order valence-electron chi connectivity index (χ0n) is 9.81. The van der Waals surface area contributed by atoms with Crippen molar-refractivity contribution in [3.8, 4) is 0 Å². The molecule has 0 saturated carbocycles. The van der Waals surface area contributed by atoms with Gasteiger partial charge in [-0.2, -0.15) is 4.68 Å². The van der Waals surface area contributed by atoms with Gasteiger partial charge in [0.05, 0.1) is 18.6 Å². The van der Waals surface area contributed by atoms with Crippen LogP contribution in [0, 0.1) is 0 Å². The van der Waals surface area contributed by atoms with Crippen molar-refractivity contribution in [1.82, 2.24) is 15.0 Å². The number of hydrogen-bond acceptors (Lipinski definition) is 6. The molecule has 1 heterocycles. The summed E-state index contributed by atoms with van der Waals surface area (Å²) in [5, 5.41) is 6.08. The third-order valence-corrected chi connectivity index (χ3v) is 2.71. The highest BCUT2D eigenvalue weighted by Crippen LogP contribution is 2.23. The van der Waals surface area contributed by atoms with E-state index in [0.29, 0.717) is 6.20 Å². The van der Waals surface area contributed by atoms with Crippen LogP contribution in [-0.2, 0) is 20.6 Å². The predicted molar refractivity (Wildman–Crippen MR) is 58.3 cm³/mol. The lowest BCUT2D eigenvalue weighted by Gasteiger charge is -2.02. The van der Waals surface area contributed by atoms with E-state index in [9.17, 15) is 22.8 Å². The van der Waals surface area contributed by atoms with Crippen molar-refractivity contribution in [2.45, 2.75) is 24.7 Å². The molecular formula is C9H10F3N3O3S. The van der Waals surface area contributed by atoms with Gasteiger partial charge in [0.2, 0.25) is 0 Å². The summed E-state index contributed by atoms with van der Waals surface area (Å²) >= 11 is 0.774. The molecule has 0 radical (unpaired) electrons. The molecule has 0 aliphatic rings. The van der Waals surface area contributed by atoms with Crippen molar-refractivity contribution >= 4 is 23.5 Å². The highest BCUT2D eigenvalue weighted by molar-refractivity contribution is 7.99. The number of nitrogens with zero attached hydrogens (tertiary/aromatic N) is 3. The van der Waals surface area contributed by atoms with Gasteiger partial charge < -0.3 is 4.74 Å². The minimum Gasteiger partial charge on any atom is -0.466 e. The Kier molecular flexibility index (Phi) is 5.33. The van der Waals surface area contributed by atoms with Gasteiger partial charge in [0, 0.05) is 0 Å². The number of halogens is 3. The lowest BCUT2D eigenvalue weighted by molar-refractivity contribution is -0.213. The Balaban J connectivity index is 2.42. The van der Waals surface area contributed by atoms with Crippen molar-refractivity contribution in [3.05, 3.63) is 6.20 Å². The van der Waals surface area contributed by atoms with E-state index in [1.165, 1.54) is 0 Å². The van der Waals surface area contributed by atoms with E-state index in [1.807, 2.05) is 0 Å². The first-order valence-electron chi connectivity index (χ1n) is 5.12. The van der Waals surface area contributed by atoms with Crippen LogP contribution < -0.4 is 0 Å². The van der Waals surface area contributed by atoms with Crippen molar-refractivity contribution in [3.63, 3.8) is 0 Å². The van der Waals surface area contributed by atoms with E-state index < -0.39 is 24.5 Å². The molecule has 19 heavy (non-hydrogen) atoms. The van der Waals surface area contributed by atoms with Crippen LogP contribution in [0.4, 0.5) is 13.2 Å². The monoisotopic (exact) mass is 297 g/mol. The fourth-order valence-electron chi connectivity index (χ4n) is 1.02. The Hall–Kier alpha value is -1.58. The molecule has 0 saturated heterocycles. The van der Waals surface area contributed by atoms with Crippen LogP contribution in [0.1, 0.15) is 13.3 Å². The molecule has 10 heteroatoms. The number of carbonyl (C=O) groups excluding carboxylic acids is 2. The lowest BCUT2D eigenvalue weighted by atomic mass is 10.3. The van der Waals surface area contributed by atoms with Crippen molar-refractivity contribution < 1.29 is 27.5 Å². The van der Waals surface area contributed by atoms with Crippen molar-refractivity contribution in [1.29, 1.82) is 0 Å². The summed E-state index contributed by atoms with van der Waals surface area (Å²) < 4.78 is 40.8. The number of Topliss-reactive ketones (excluding diaryl/α,β-unsaturated/α-hetero) is 1. The molecule has 1 aromatic heterocycles. The zero-order chi connectivity index (χ0) is 14.5. The largest absolute Gasteiger partial charge is 0.505 e. The first-order valence-corrected chi connectivity index (χ1v) is 6.11. The summed E-state index contributed by atoms with van der Waals surface area (Å²) in [5.41, 5.74) is 0. The van der Waals surface area contributed by atoms with Crippen molar-refractivity contribution in [2.75, 3.05) is 12.4 Å². The van der Waals surface area contributed by atoms with E-state index in [-0.39, 0.29) is 22.1 Å². The quantitative estimate of drug-likeness (QED) is 0.448. The smallest absolute Gasteiger partial charge is 0.466 e. The van der Waals surface area contributed by atoms with Gasteiger partial charge in [-0.05, 0) is 6.92 Å². The molecule has 0 bridgehead atoms. The maximum Gasteiger partial charge on any atom is 0.505 e. The van der Waals surface area contributed by atoms with Crippen LogP contribution >= 0.6 is 11.8 Å². The number of carbonyl (C=O) groups is 2. The van der Waals surface area contributed by atoms with E-state index in [1.54, 1.807) is 6.92 Å². The van der Waals surface area contributed by atoms with Crippen LogP contribution in [0.25, 0.3) is 0 Å². The fourth-order valence-corrected chi connectivity index (χ4v) is 1.70. The topological polar surface area (TPSA) is 74.1 Å². The number of ether oxygens (including phenoxy) is 1. The molecular weight excluding hydrogens is 287 g/mol. The summed E-state index contributed by atoms with van der Waals surface area (Å²) in [5.74, 6) is -1.29. The molecule has 0 N–H and O–H groups in total. The molecule has 0 spiro atoms. The highest BCUT2D eigenvalue weighted by atomic mass is 32.2. The molecule has 0 atom stereocenters. The Bertz CT molecular complexity index is 461. The molecule has 1 rings (SSSR count). The van der Waals surface area contributed by atoms with Gasteiger partial charge >= 0.3 is 12.3 Å². The van der Waals surface area contributed by atoms with Gasteiger partial charge in [-0.15, -0.1) is 18.3 Å². The first kappa shape index (κ1) is 15.5. The average Bonchev–Trinajstić information content (AvgIpc) is 2.74. The van der Waals surface area contributed by atoms with Gasteiger partial charge in [0.1, 0.15) is 11.4 Å². The van der Waals surface area contributed by atoms with E-state index in [4.69, 9.17) is 0 Å². The molecule has 106 valence electrons. The summed E-state index contributed by atoms with van der Waals surface area (Å²) in [7, 11) is 0. The SMILES string of the molecule is CCOC(=O)CC(=O)CSc1cn(C(F)(F)F)nn1. The molecule has 0 aliphatic carbocycles. The summed E-state index contributed by atoms with van der Waals surface area (Å²) in [6.45, 7) is 1.77. The number of ketones is 1. The van der Waals surface area contributed by atoms with Gasteiger partial charge in [-0.25, -0.2) is 0 Å². The fraction of sp³-hybridized carbons (Fsp3) is 0.556. The van der Waals surface area contributed by atoms with Gasteiger partial charge in [0.15, 0.2) is 5.78 Å². The normalized spacial score (nSPS) is 11.4. The van der Waals surface area contributed by atoms with Crippen LogP contribution in [0.15, 0.2) is 11.2 Å². The standard InChI is InChI=1S/C9H10F3N3O3S/c1-2-18-8(17)3-6(16)5-19-7-4-15(14-13-7)9(10,11)12/h4H,2-3,5H2,1H3.